The summed E-state index contributed by atoms with van der Waals surface area (Å²) in [7, 11) is 0. The maximum Gasteiger partial charge on any atom is 0.355 e. The Balaban J connectivity index is 2.46. The molecule has 1 aromatic carbocycles. The molecule has 0 amide bonds. The van der Waals surface area contributed by atoms with E-state index >= 15 is 0 Å². The average molecular weight is 319 g/mol. The molecule has 1 aromatic rings. The van der Waals surface area contributed by atoms with E-state index in [1.54, 1.807) is 18.7 Å². The molecular weight excluding hydrogens is 298 g/mol. The number of anilines is 1. The third-order valence-electron chi connectivity index (χ3n) is 3.36. The first-order chi connectivity index (χ1) is 11.1. The van der Waals surface area contributed by atoms with Crippen molar-refractivity contribution >= 4 is 17.6 Å². The summed E-state index contributed by atoms with van der Waals surface area (Å²) in [4.78, 5) is 26.2. The van der Waals surface area contributed by atoms with Crippen molar-refractivity contribution in [3.8, 4) is 0 Å². The van der Waals surface area contributed by atoms with Crippen molar-refractivity contribution < 1.29 is 23.8 Å². The van der Waals surface area contributed by atoms with Crippen LogP contribution >= 0.6 is 0 Å². The van der Waals surface area contributed by atoms with Gasteiger partial charge < -0.3 is 19.1 Å². The highest BCUT2D eigenvalue weighted by atomic mass is 16.5. The second-order valence-corrected chi connectivity index (χ2v) is 5.01. The monoisotopic (exact) mass is 319 g/mol. The molecular formula is C17H21NO5. The summed E-state index contributed by atoms with van der Waals surface area (Å²) < 4.78 is 15.6. The van der Waals surface area contributed by atoms with Crippen LogP contribution in [0.4, 0.5) is 5.69 Å². The van der Waals surface area contributed by atoms with Gasteiger partial charge in [-0.2, -0.15) is 0 Å². The quantitative estimate of drug-likeness (QED) is 0.775. The summed E-state index contributed by atoms with van der Waals surface area (Å²) in [6.07, 6.45) is 0. The third kappa shape index (κ3) is 3.90. The SMILES string of the molecule is CCOC(=O)C1=C(C(=O)OCC)N(c2ccc(C)cc2)COC1. The van der Waals surface area contributed by atoms with Crippen LogP contribution in [-0.2, 0) is 23.8 Å². The van der Waals surface area contributed by atoms with Crippen molar-refractivity contribution in [1.82, 2.24) is 0 Å². The lowest BCUT2D eigenvalue weighted by molar-refractivity contribution is -0.143. The van der Waals surface area contributed by atoms with E-state index < -0.39 is 11.9 Å². The second kappa shape index (κ2) is 7.78. The lowest BCUT2D eigenvalue weighted by Crippen LogP contribution is -2.39. The second-order valence-electron chi connectivity index (χ2n) is 5.01. The Hall–Kier alpha value is -2.34. The van der Waals surface area contributed by atoms with Crippen LogP contribution in [0.2, 0.25) is 0 Å². The summed E-state index contributed by atoms with van der Waals surface area (Å²) in [5.41, 5.74) is 2.21. The van der Waals surface area contributed by atoms with Gasteiger partial charge in [-0.3, -0.25) is 0 Å². The van der Waals surface area contributed by atoms with Crippen LogP contribution in [0.1, 0.15) is 19.4 Å². The Kier molecular flexibility index (Phi) is 5.76. The Labute approximate surface area is 135 Å². The minimum Gasteiger partial charge on any atom is -0.463 e. The molecule has 0 radical (unpaired) electrons. The standard InChI is InChI=1S/C17H21NO5/c1-4-22-16(19)14-10-21-11-18(15(14)17(20)23-5-2)13-8-6-12(3)7-9-13/h6-9H,4-5,10-11H2,1-3H3. The van der Waals surface area contributed by atoms with Gasteiger partial charge in [0, 0.05) is 5.69 Å². The molecule has 1 heterocycles. The molecule has 0 aromatic heterocycles. The molecule has 0 fully saturated rings. The maximum atomic E-state index is 12.4. The number of aryl methyl sites for hydroxylation is 1. The highest BCUT2D eigenvalue weighted by molar-refractivity contribution is 6.03. The van der Waals surface area contributed by atoms with Gasteiger partial charge in [-0.15, -0.1) is 0 Å². The van der Waals surface area contributed by atoms with Gasteiger partial charge in [0.2, 0.25) is 0 Å². The van der Waals surface area contributed by atoms with E-state index in [1.165, 1.54) is 0 Å². The first-order valence-corrected chi connectivity index (χ1v) is 7.57. The Morgan fingerprint density at radius 1 is 1.09 bits per heavy atom. The van der Waals surface area contributed by atoms with E-state index in [0.717, 1.165) is 11.3 Å². The number of esters is 2. The van der Waals surface area contributed by atoms with E-state index in [2.05, 4.69) is 0 Å². The number of rotatable bonds is 5. The van der Waals surface area contributed by atoms with E-state index in [1.807, 2.05) is 31.2 Å². The van der Waals surface area contributed by atoms with E-state index in [-0.39, 0.29) is 37.8 Å². The van der Waals surface area contributed by atoms with Crippen molar-refractivity contribution in [3.05, 3.63) is 41.1 Å². The molecule has 0 saturated heterocycles. The van der Waals surface area contributed by atoms with Crippen LogP contribution in [0, 0.1) is 6.92 Å². The molecule has 23 heavy (non-hydrogen) atoms. The number of nitrogens with zero attached hydrogens (tertiary/aromatic N) is 1. The normalized spacial score (nSPS) is 14.7. The zero-order valence-corrected chi connectivity index (χ0v) is 13.6. The minimum absolute atomic E-state index is 0.0232. The molecule has 0 spiro atoms. The number of ether oxygens (including phenoxy) is 3. The molecule has 124 valence electrons. The zero-order chi connectivity index (χ0) is 16.8. The highest BCUT2D eigenvalue weighted by Crippen LogP contribution is 2.27. The molecule has 2 rings (SSSR count). The largest absolute Gasteiger partial charge is 0.463 e. The predicted molar refractivity (Wildman–Crippen MR) is 84.8 cm³/mol. The lowest BCUT2D eigenvalue weighted by atomic mass is 10.1. The van der Waals surface area contributed by atoms with Gasteiger partial charge >= 0.3 is 11.9 Å². The molecule has 0 N–H and O–H groups in total. The van der Waals surface area contributed by atoms with Crippen LogP contribution in [-0.4, -0.2) is 38.5 Å². The van der Waals surface area contributed by atoms with E-state index in [0.29, 0.717) is 0 Å². The molecule has 0 bridgehead atoms. The summed E-state index contributed by atoms with van der Waals surface area (Å²) in [6.45, 7) is 6.05. The summed E-state index contributed by atoms with van der Waals surface area (Å²) in [6, 6.07) is 7.59. The zero-order valence-electron chi connectivity index (χ0n) is 13.6. The minimum atomic E-state index is -0.563. The van der Waals surface area contributed by atoms with Crippen molar-refractivity contribution in [2.45, 2.75) is 20.8 Å². The molecule has 1 aliphatic heterocycles. The van der Waals surface area contributed by atoms with Crippen LogP contribution in [0.3, 0.4) is 0 Å². The van der Waals surface area contributed by atoms with Gasteiger partial charge in [0.1, 0.15) is 12.4 Å². The Bertz CT molecular complexity index is 606. The van der Waals surface area contributed by atoms with Crippen LogP contribution < -0.4 is 4.90 Å². The number of hydrogen-bond acceptors (Lipinski definition) is 6. The molecule has 0 atom stereocenters. The Morgan fingerprint density at radius 2 is 1.70 bits per heavy atom. The molecule has 1 aliphatic rings. The number of carbonyl (C=O) groups is 2. The lowest BCUT2D eigenvalue weighted by Gasteiger charge is -2.31. The molecule has 0 saturated carbocycles. The van der Waals surface area contributed by atoms with Gasteiger partial charge in [-0.1, -0.05) is 17.7 Å². The molecule has 0 unspecified atom stereocenters. The number of hydrogen-bond donors (Lipinski definition) is 0. The first kappa shape index (κ1) is 17.0. The fraction of sp³-hybridized carbons (Fsp3) is 0.412. The van der Waals surface area contributed by atoms with Gasteiger partial charge in [-0.25, -0.2) is 9.59 Å². The first-order valence-electron chi connectivity index (χ1n) is 7.57. The summed E-state index contributed by atoms with van der Waals surface area (Å²) in [5, 5.41) is 0. The number of carbonyl (C=O) groups excluding carboxylic acids is 2. The van der Waals surface area contributed by atoms with Crippen molar-refractivity contribution in [2.75, 3.05) is 31.5 Å². The van der Waals surface area contributed by atoms with Crippen LogP contribution in [0.25, 0.3) is 0 Å². The van der Waals surface area contributed by atoms with Crippen molar-refractivity contribution in [3.63, 3.8) is 0 Å². The fourth-order valence-electron chi connectivity index (χ4n) is 2.27. The maximum absolute atomic E-state index is 12.4. The van der Waals surface area contributed by atoms with E-state index in [9.17, 15) is 9.59 Å². The molecule has 6 nitrogen and oxygen atoms in total. The Morgan fingerprint density at radius 3 is 2.30 bits per heavy atom. The van der Waals surface area contributed by atoms with Crippen molar-refractivity contribution in [2.24, 2.45) is 0 Å². The molecule has 0 aliphatic carbocycles. The van der Waals surface area contributed by atoms with Gasteiger partial charge in [0.15, 0.2) is 0 Å². The molecule has 6 heteroatoms. The number of benzene rings is 1. The fourth-order valence-corrected chi connectivity index (χ4v) is 2.27. The van der Waals surface area contributed by atoms with Gasteiger partial charge in [-0.05, 0) is 32.9 Å². The predicted octanol–water partition coefficient (Wildman–Crippen LogP) is 2.17. The average Bonchev–Trinajstić information content (AvgIpc) is 2.55. The third-order valence-corrected chi connectivity index (χ3v) is 3.36. The smallest absolute Gasteiger partial charge is 0.355 e. The summed E-state index contributed by atoms with van der Waals surface area (Å²) >= 11 is 0. The van der Waals surface area contributed by atoms with Gasteiger partial charge in [0.05, 0.1) is 25.4 Å². The van der Waals surface area contributed by atoms with E-state index in [4.69, 9.17) is 14.2 Å². The van der Waals surface area contributed by atoms with Crippen LogP contribution in [0.5, 0.6) is 0 Å². The van der Waals surface area contributed by atoms with Crippen molar-refractivity contribution in [1.29, 1.82) is 0 Å². The summed E-state index contributed by atoms with van der Waals surface area (Å²) in [5.74, 6) is -1.12. The highest BCUT2D eigenvalue weighted by Gasteiger charge is 2.32. The topological polar surface area (TPSA) is 65.1 Å². The van der Waals surface area contributed by atoms with Crippen LogP contribution in [0.15, 0.2) is 35.5 Å². The van der Waals surface area contributed by atoms with Gasteiger partial charge in [0.25, 0.3) is 0 Å².